The second-order valence-corrected chi connectivity index (χ2v) is 11.2. The van der Waals surface area contributed by atoms with Crippen molar-refractivity contribution in [2.24, 2.45) is 11.8 Å². The predicted molar refractivity (Wildman–Crippen MR) is 159 cm³/mol. The number of amides is 3. The van der Waals surface area contributed by atoms with Crippen molar-refractivity contribution < 1.29 is 38.2 Å². The van der Waals surface area contributed by atoms with Crippen LogP contribution in [0, 0.1) is 11.8 Å². The van der Waals surface area contributed by atoms with Crippen LogP contribution >= 0.6 is 0 Å². The van der Waals surface area contributed by atoms with E-state index in [1.165, 1.54) is 6.42 Å². The molecule has 2 aliphatic rings. The van der Waals surface area contributed by atoms with Gasteiger partial charge in [-0.25, -0.2) is 0 Å². The van der Waals surface area contributed by atoms with Crippen LogP contribution in [0.3, 0.4) is 0 Å². The summed E-state index contributed by atoms with van der Waals surface area (Å²) in [5.74, 6) is -3.50. The molecular formula is C32H47N3O8. The quantitative estimate of drug-likeness (QED) is 0.157. The number of morpholine rings is 1. The minimum absolute atomic E-state index is 0.0240. The standard InChI is InChI=1S/C32H47N3O8/c1-2-43-29(37)22-33-32(40)30(38)27(23-42-17-9-14-24-10-5-3-6-11-24)34-31(39)26(20-25-12-7-4-8-13-25)21-28(36)35-15-18-41-19-16-35/h3,5-6,10-11,25-27H,2,4,7-9,12-23H2,1H3,(H,33,40)(H,34,39)/t26-,27+/m1/s1. The summed E-state index contributed by atoms with van der Waals surface area (Å²) in [6, 6.07) is 8.64. The maximum absolute atomic E-state index is 13.7. The summed E-state index contributed by atoms with van der Waals surface area (Å²) < 4.78 is 15.9. The Hall–Kier alpha value is -3.31. The van der Waals surface area contributed by atoms with Crippen LogP contribution in [-0.4, -0.2) is 93.1 Å². The van der Waals surface area contributed by atoms with Crippen molar-refractivity contribution >= 4 is 29.5 Å². The number of nitrogens with zero attached hydrogens (tertiary/aromatic N) is 1. The molecule has 0 spiro atoms. The lowest BCUT2D eigenvalue weighted by Gasteiger charge is -2.30. The molecule has 2 fully saturated rings. The molecule has 1 aromatic carbocycles. The van der Waals surface area contributed by atoms with E-state index in [9.17, 15) is 24.0 Å². The molecule has 0 aromatic heterocycles. The number of esters is 1. The molecule has 11 nitrogen and oxygen atoms in total. The molecule has 2 N–H and O–H groups in total. The molecule has 2 atom stereocenters. The molecule has 0 radical (unpaired) electrons. The maximum Gasteiger partial charge on any atom is 0.325 e. The number of carbonyl (C=O) groups is 5. The molecule has 0 unspecified atom stereocenters. The number of hydrogen-bond donors (Lipinski definition) is 2. The Morgan fingerprint density at radius 2 is 1.74 bits per heavy atom. The molecule has 1 aliphatic heterocycles. The van der Waals surface area contributed by atoms with Gasteiger partial charge in [-0.1, -0.05) is 62.4 Å². The first-order chi connectivity index (χ1) is 20.9. The van der Waals surface area contributed by atoms with Crippen LogP contribution in [0.2, 0.25) is 0 Å². The Balaban J connectivity index is 1.65. The Morgan fingerprint density at radius 3 is 2.44 bits per heavy atom. The summed E-state index contributed by atoms with van der Waals surface area (Å²) in [5.41, 5.74) is 1.15. The number of rotatable bonds is 17. The highest BCUT2D eigenvalue weighted by atomic mass is 16.5. The fourth-order valence-electron chi connectivity index (χ4n) is 5.57. The highest BCUT2D eigenvalue weighted by molar-refractivity contribution is 6.38. The largest absolute Gasteiger partial charge is 0.465 e. The molecule has 0 bridgehead atoms. The van der Waals surface area contributed by atoms with E-state index < -0.39 is 42.1 Å². The van der Waals surface area contributed by atoms with Gasteiger partial charge in [-0.15, -0.1) is 0 Å². The van der Waals surface area contributed by atoms with E-state index >= 15 is 0 Å². The van der Waals surface area contributed by atoms with Crippen LogP contribution in [0.1, 0.15) is 63.9 Å². The lowest BCUT2D eigenvalue weighted by atomic mass is 9.81. The zero-order valence-electron chi connectivity index (χ0n) is 25.4. The predicted octanol–water partition coefficient (Wildman–Crippen LogP) is 2.20. The number of aryl methyl sites for hydroxylation is 1. The first kappa shape index (κ1) is 34.2. The van der Waals surface area contributed by atoms with Crippen molar-refractivity contribution in [3.8, 4) is 0 Å². The smallest absolute Gasteiger partial charge is 0.325 e. The third kappa shape index (κ3) is 12.4. The average molecular weight is 602 g/mol. The van der Waals surface area contributed by atoms with Gasteiger partial charge in [0.25, 0.3) is 5.91 Å². The van der Waals surface area contributed by atoms with Crippen molar-refractivity contribution in [1.82, 2.24) is 15.5 Å². The third-order valence-corrected chi connectivity index (χ3v) is 7.94. The molecule has 11 heteroatoms. The molecule has 238 valence electrons. The zero-order chi connectivity index (χ0) is 30.9. The maximum atomic E-state index is 13.7. The second kappa shape index (κ2) is 19.1. The average Bonchev–Trinajstić information content (AvgIpc) is 3.03. The van der Waals surface area contributed by atoms with Crippen LogP contribution < -0.4 is 10.6 Å². The minimum atomic E-state index is -1.27. The minimum Gasteiger partial charge on any atom is -0.465 e. The molecule has 3 rings (SSSR count). The van der Waals surface area contributed by atoms with E-state index in [0.29, 0.717) is 51.7 Å². The monoisotopic (exact) mass is 601 g/mol. The van der Waals surface area contributed by atoms with Gasteiger partial charge in [0.1, 0.15) is 12.6 Å². The fraction of sp³-hybridized carbons (Fsp3) is 0.656. The van der Waals surface area contributed by atoms with Gasteiger partial charge in [0.2, 0.25) is 17.6 Å². The second-order valence-electron chi connectivity index (χ2n) is 11.2. The molecule has 1 saturated carbocycles. The van der Waals surface area contributed by atoms with Crippen molar-refractivity contribution in [3.63, 3.8) is 0 Å². The number of nitrogens with one attached hydrogen (secondary N) is 2. The highest BCUT2D eigenvalue weighted by Gasteiger charge is 2.33. The number of benzene rings is 1. The summed E-state index contributed by atoms with van der Waals surface area (Å²) >= 11 is 0. The Bertz CT molecular complexity index is 1040. The molecule has 43 heavy (non-hydrogen) atoms. The van der Waals surface area contributed by atoms with Crippen molar-refractivity contribution in [1.29, 1.82) is 0 Å². The van der Waals surface area contributed by atoms with E-state index in [4.69, 9.17) is 14.2 Å². The third-order valence-electron chi connectivity index (χ3n) is 7.94. The molecular weight excluding hydrogens is 554 g/mol. The Morgan fingerprint density at radius 1 is 1.02 bits per heavy atom. The first-order valence-corrected chi connectivity index (χ1v) is 15.6. The van der Waals surface area contributed by atoms with Gasteiger partial charge in [0, 0.05) is 32.0 Å². The lowest BCUT2D eigenvalue weighted by Crippen LogP contribution is -2.52. The van der Waals surface area contributed by atoms with E-state index in [1.54, 1.807) is 11.8 Å². The lowest BCUT2D eigenvalue weighted by molar-refractivity contribution is -0.146. The van der Waals surface area contributed by atoms with Gasteiger partial charge >= 0.3 is 5.97 Å². The van der Waals surface area contributed by atoms with Gasteiger partial charge in [0.05, 0.1) is 26.4 Å². The summed E-state index contributed by atoms with van der Waals surface area (Å²) in [4.78, 5) is 66.1. The molecule has 1 aliphatic carbocycles. The van der Waals surface area contributed by atoms with Gasteiger partial charge < -0.3 is 29.7 Å². The van der Waals surface area contributed by atoms with Gasteiger partial charge in [0.15, 0.2) is 0 Å². The topological polar surface area (TPSA) is 140 Å². The molecule has 1 aromatic rings. The molecule has 3 amide bonds. The number of ketones is 1. The number of carbonyl (C=O) groups excluding carboxylic acids is 5. The summed E-state index contributed by atoms with van der Waals surface area (Å²) in [6.07, 6.45) is 7.37. The van der Waals surface area contributed by atoms with Crippen LogP contribution in [0.5, 0.6) is 0 Å². The fourth-order valence-corrected chi connectivity index (χ4v) is 5.57. The summed E-state index contributed by atoms with van der Waals surface area (Å²) in [5, 5.41) is 5.00. The van der Waals surface area contributed by atoms with Crippen LogP contribution in [-0.2, 0) is 44.6 Å². The van der Waals surface area contributed by atoms with Crippen molar-refractivity contribution in [3.05, 3.63) is 35.9 Å². The van der Waals surface area contributed by atoms with Crippen molar-refractivity contribution in [2.75, 3.05) is 52.7 Å². The van der Waals surface area contributed by atoms with Crippen LogP contribution in [0.4, 0.5) is 0 Å². The summed E-state index contributed by atoms with van der Waals surface area (Å²) in [7, 11) is 0. The zero-order valence-corrected chi connectivity index (χ0v) is 25.4. The van der Waals surface area contributed by atoms with E-state index in [-0.39, 0.29) is 25.5 Å². The van der Waals surface area contributed by atoms with Crippen LogP contribution in [0.15, 0.2) is 30.3 Å². The SMILES string of the molecule is CCOC(=O)CNC(=O)C(=O)[C@H](COCCCc1ccccc1)NC(=O)[C@@H](CC(=O)N1CCOCC1)CC1CCCCC1. The Labute approximate surface area is 254 Å². The van der Waals surface area contributed by atoms with Gasteiger partial charge in [-0.05, 0) is 37.7 Å². The number of hydrogen-bond acceptors (Lipinski definition) is 8. The van der Waals surface area contributed by atoms with Gasteiger partial charge in [-0.2, -0.15) is 0 Å². The van der Waals surface area contributed by atoms with Crippen LogP contribution in [0.25, 0.3) is 0 Å². The highest BCUT2D eigenvalue weighted by Crippen LogP contribution is 2.30. The normalized spacial score (nSPS) is 17.0. The van der Waals surface area contributed by atoms with E-state index in [0.717, 1.165) is 37.7 Å². The molecule has 1 heterocycles. The number of ether oxygens (including phenoxy) is 3. The summed E-state index contributed by atoms with van der Waals surface area (Å²) in [6.45, 7) is 3.32. The first-order valence-electron chi connectivity index (χ1n) is 15.6. The molecule has 1 saturated heterocycles. The Kier molecular flexibility index (Phi) is 15.2. The van der Waals surface area contributed by atoms with E-state index in [2.05, 4.69) is 10.6 Å². The van der Waals surface area contributed by atoms with E-state index in [1.807, 2.05) is 30.3 Å². The number of Topliss-reactive ketones (excluding diaryl/α,β-unsaturated/α-hetero) is 1. The van der Waals surface area contributed by atoms with Gasteiger partial charge in [-0.3, -0.25) is 24.0 Å². The van der Waals surface area contributed by atoms with Crippen molar-refractivity contribution in [2.45, 2.75) is 70.8 Å².